The van der Waals surface area contributed by atoms with E-state index in [0.29, 0.717) is 17.0 Å². The van der Waals surface area contributed by atoms with Crippen molar-refractivity contribution >= 4 is 27.5 Å². The lowest BCUT2D eigenvalue weighted by Gasteiger charge is -2.21. The summed E-state index contributed by atoms with van der Waals surface area (Å²) in [5, 5.41) is 12.1. The van der Waals surface area contributed by atoms with Crippen LogP contribution in [-0.2, 0) is 11.3 Å². The van der Waals surface area contributed by atoms with Gasteiger partial charge in [-0.1, -0.05) is 22.0 Å². The van der Waals surface area contributed by atoms with Crippen molar-refractivity contribution in [2.75, 3.05) is 32.1 Å². The molecule has 2 rings (SSSR count). The highest BCUT2D eigenvalue weighted by molar-refractivity contribution is 9.10. The normalized spacial score (nSPS) is 10.8. The van der Waals surface area contributed by atoms with Crippen LogP contribution in [0.1, 0.15) is 11.1 Å². The van der Waals surface area contributed by atoms with Crippen LogP contribution in [0.3, 0.4) is 0 Å². The zero-order valence-electron chi connectivity index (χ0n) is 14.8. The number of halogens is 2. The van der Waals surface area contributed by atoms with Gasteiger partial charge in [0.2, 0.25) is 5.91 Å². The monoisotopic (exact) mass is 424 g/mol. The Morgan fingerprint density at radius 2 is 2.08 bits per heavy atom. The first-order valence-electron chi connectivity index (χ1n) is 8.14. The molecule has 0 atom stereocenters. The van der Waals surface area contributed by atoms with Crippen LogP contribution < -0.4 is 10.1 Å². The Morgan fingerprint density at radius 1 is 1.31 bits per heavy atom. The van der Waals surface area contributed by atoms with Gasteiger partial charge in [-0.2, -0.15) is 0 Å². The third-order valence-corrected chi connectivity index (χ3v) is 4.31. The summed E-state index contributed by atoms with van der Waals surface area (Å²) in [5.74, 6) is -0.0506. The number of anilines is 1. The van der Waals surface area contributed by atoms with Crippen LogP contribution in [0.5, 0.6) is 5.75 Å². The molecule has 0 aliphatic carbocycles. The van der Waals surface area contributed by atoms with Gasteiger partial charge in [0.1, 0.15) is 11.6 Å². The first kappa shape index (κ1) is 20.4. The van der Waals surface area contributed by atoms with E-state index in [1.165, 1.54) is 13.2 Å². The molecule has 26 heavy (non-hydrogen) atoms. The standard InChI is InChI=1S/C19H22BrFN2O3/c1-13-3-6-18(26-2)17(9-13)22-19(25)12-23(7-8-24)11-14-10-15(20)4-5-16(14)21/h3-6,9-10,24H,7-8,11-12H2,1-2H3,(H,22,25). The van der Waals surface area contributed by atoms with Crippen LogP contribution in [0.25, 0.3) is 0 Å². The number of carbonyl (C=O) groups is 1. The smallest absolute Gasteiger partial charge is 0.238 e. The van der Waals surface area contributed by atoms with E-state index in [0.717, 1.165) is 10.0 Å². The van der Waals surface area contributed by atoms with Gasteiger partial charge in [-0.05, 0) is 42.8 Å². The number of amides is 1. The predicted molar refractivity (Wildman–Crippen MR) is 103 cm³/mol. The van der Waals surface area contributed by atoms with E-state index in [1.54, 1.807) is 23.1 Å². The summed E-state index contributed by atoms with van der Waals surface area (Å²) in [7, 11) is 1.54. The lowest BCUT2D eigenvalue weighted by Crippen LogP contribution is -2.35. The number of benzene rings is 2. The summed E-state index contributed by atoms with van der Waals surface area (Å²) >= 11 is 3.32. The second-order valence-corrected chi connectivity index (χ2v) is 6.84. The minimum atomic E-state index is -0.350. The molecule has 0 radical (unpaired) electrons. The van der Waals surface area contributed by atoms with Crippen molar-refractivity contribution in [2.45, 2.75) is 13.5 Å². The Hall–Kier alpha value is -1.96. The molecule has 1 amide bonds. The third kappa shape index (κ3) is 5.79. The lowest BCUT2D eigenvalue weighted by molar-refractivity contribution is -0.117. The molecule has 2 aromatic rings. The SMILES string of the molecule is COc1ccc(C)cc1NC(=O)CN(CCO)Cc1cc(Br)ccc1F. The number of methoxy groups -OCH3 is 1. The molecule has 0 spiro atoms. The first-order valence-corrected chi connectivity index (χ1v) is 8.94. The number of hydrogen-bond donors (Lipinski definition) is 2. The molecule has 0 aromatic heterocycles. The molecule has 0 aliphatic rings. The lowest BCUT2D eigenvalue weighted by atomic mass is 10.2. The topological polar surface area (TPSA) is 61.8 Å². The summed E-state index contributed by atoms with van der Waals surface area (Å²) in [6, 6.07) is 10.2. The predicted octanol–water partition coefficient (Wildman–Crippen LogP) is 3.34. The van der Waals surface area contributed by atoms with Gasteiger partial charge < -0.3 is 15.2 Å². The summed E-state index contributed by atoms with van der Waals surface area (Å²) in [4.78, 5) is 14.1. The molecule has 2 N–H and O–H groups in total. The number of aliphatic hydroxyl groups is 1. The summed E-state index contributed by atoms with van der Waals surface area (Å²) in [6.07, 6.45) is 0. The van der Waals surface area contributed by atoms with Gasteiger partial charge in [0.05, 0.1) is 25.9 Å². The molecule has 0 aliphatic heterocycles. The molecule has 0 saturated carbocycles. The molecular weight excluding hydrogens is 403 g/mol. The van der Waals surface area contributed by atoms with Crippen molar-refractivity contribution in [1.82, 2.24) is 4.90 Å². The largest absolute Gasteiger partial charge is 0.495 e. The van der Waals surface area contributed by atoms with Crippen LogP contribution in [0, 0.1) is 12.7 Å². The Kier molecular flexibility index (Phi) is 7.56. The van der Waals surface area contributed by atoms with Gasteiger partial charge in [0.15, 0.2) is 0 Å². The Bertz CT molecular complexity index is 770. The fraction of sp³-hybridized carbons (Fsp3) is 0.316. The van der Waals surface area contributed by atoms with Crippen molar-refractivity contribution in [1.29, 1.82) is 0 Å². The van der Waals surface area contributed by atoms with Crippen LogP contribution >= 0.6 is 15.9 Å². The van der Waals surface area contributed by atoms with E-state index in [-0.39, 0.29) is 38.0 Å². The molecule has 140 valence electrons. The average molecular weight is 425 g/mol. The highest BCUT2D eigenvalue weighted by Crippen LogP contribution is 2.25. The highest BCUT2D eigenvalue weighted by atomic mass is 79.9. The van der Waals surface area contributed by atoms with Gasteiger partial charge >= 0.3 is 0 Å². The maximum absolute atomic E-state index is 14.0. The minimum Gasteiger partial charge on any atom is -0.495 e. The fourth-order valence-electron chi connectivity index (χ4n) is 2.57. The van der Waals surface area contributed by atoms with Crippen molar-refractivity contribution in [3.8, 4) is 5.75 Å². The molecule has 0 fully saturated rings. The molecular formula is C19H22BrFN2O3. The number of rotatable bonds is 8. The van der Waals surface area contributed by atoms with E-state index in [9.17, 15) is 14.3 Å². The van der Waals surface area contributed by atoms with Gasteiger partial charge in [0, 0.05) is 23.1 Å². The zero-order chi connectivity index (χ0) is 19.1. The first-order chi connectivity index (χ1) is 12.4. The van der Waals surface area contributed by atoms with E-state index in [2.05, 4.69) is 21.2 Å². The molecule has 5 nitrogen and oxygen atoms in total. The molecule has 2 aromatic carbocycles. The molecule has 0 saturated heterocycles. The molecule has 7 heteroatoms. The second-order valence-electron chi connectivity index (χ2n) is 5.92. The quantitative estimate of drug-likeness (QED) is 0.681. The van der Waals surface area contributed by atoms with Crippen molar-refractivity contribution in [2.24, 2.45) is 0 Å². The van der Waals surface area contributed by atoms with Gasteiger partial charge in [-0.25, -0.2) is 4.39 Å². The number of nitrogens with one attached hydrogen (secondary N) is 1. The van der Waals surface area contributed by atoms with Gasteiger partial charge in [0.25, 0.3) is 0 Å². The van der Waals surface area contributed by atoms with Crippen molar-refractivity contribution in [3.63, 3.8) is 0 Å². The second kappa shape index (κ2) is 9.66. The zero-order valence-corrected chi connectivity index (χ0v) is 16.3. The summed E-state index contributed by atoms with van der Waals surface area (Å²) < 4.78 is 20.0. The third-order valence-electron chi connectivity index (χ3n) is 3.81. The van der Waals surface area contributed by atoms with Gasteiger partial charge in [-0.15, -0.1) is 0 Å². The highest BCUT2D eigenvalue weighted by Gasteiger charge is 2.15. The molecule has 0 unspecified atom stereocenters. The Balaban J connectivity index is 2.08. The van der Waals surface area contributed by atoms with Crippen molar-refractivity contribution < 1.29 is 19.0 Å². The number of aliphatic hydroxyl groups excluding tert-OH is 1. The number of nitrogens with zero attached hydrogens (tertiary/aromatic N) is 1. The van der Waals surface area contributed by atoms with Gasteiger partial charge in [-0.3, -0.25) is 9.69 Å². The molecule has 0 heterocycles. The van der Waals surface area contributed by atoms with Crippen molar-refractivity contribution in [3.05, 3.63) is 57.8 Å². The van der Waals surface area contributed by atoms with Crippen LogP contribution in [-0.4, -0.2) is 42.7 Å². The van der Waals surface area contributed by atoms with Crippen LogP contribution in [0.2, 0.25) is 0 Å². The van der Waals surface area contributed by atoms with E-state index in [1.807, 2.05) is 19.1 Å². The minimum absolute atomic E-state index is 0.0175. The number of ether oxygens (including phenoxy) is 1. The van der Waals surface area contributed by atoms with E-state index < -0.39 is 0 Å². The number of carbonyl (C=O) groups excluding carboxylic acids is 1. The summed E-state index contributed by atoms with van der Waals surface area (Å²) in [6.45, 7) is 2.28. The fourth-order valence-corrected chi connectivity index (χ4v) is 2.98. The van der Waals surface area contributed by atoms with Crippen LogP contribution in [0.4, 0.5) is 10.1 Å². The maximum Gasteiger partial charge on any atom is 0.238 e. The van der Waals surface area contributed by atoms with Crippen LogP contribution in [0.15, 0.2) is 40.9 Å². The molecule has 0 bridgehead atoms. The van der Waals surface area contributed by atoms with E-state index >= 15 is 0 Å². The van der Waals surface area contributed by atoms with E-state index in [4.69, 9.17) is 4.74 Å². The number of hydrogen-bond acceptors (Lipinski definition) is 4. The maximum atomic E-state index is 14.0. The Morgan fingerprint density at radius 3 is 2.77 bits per heavy atom. The summed E-state index contributed by atoms with van der Waals surface area (Å²) in [5.41, 5.74) is 2.02. The Labute approximate surface area is 160 Å². The number of aryl methyl sites for hydroxylation is 1. The average Bonchev–Trinajstić information content (AvgIpc) is 2.58.